The van der Waals surface area contributed by atoms with Crippen molar-refractivity contribution in [3.8, 4) is 11.8 Å². The Morgan fingerprint density at radius 3 is 2.80 bits per heavy atom. The van der Waals surface area contributed by atoms with Crippen molar-refractivity contribution >= 4 is 0 Å². The number of benzene rings is 2. The van der Waals surface area contributed by atoms with E-state index in [1.54, 1.807) is 10.8 Å². The molecule has 30 heavy (non-hydrogen) atoms. The lowest BCUT2D eigenvalue weighted by atomic mass is 10.1. The molecule has 1 saturated heterocycles. The number of aliphatic hydroxyl groups is 1. The summed E-state index contributed by atoms with van der Waals surface area (Å²) in [6.45, 7) is 0.361. The van der Waals surface area contributed by atoms with Crippen molar-refractivity contribution in [2.45, 2.75) is 37.9 Å². The highest BCUT2D eigenvalue weighted by atomic mass is 16.6. The number of hydrogen-bond donors (Lipinski definition) is 1. The number of rotatable bonds is 6. The van der Waals surface area contributed by atoms with Gasteiger partial charge in [-0.2, -0.15) is 4.98 Å². The summed E-state index contributed by atoms with van der Waals surface area (Å²) in [7, 11) is 0. The summed E-state index contributed by atoms with van der Waals surface area (Å²) in [5.74, 6) is 0.749. The normalized spacial score (nSPS) is 21.7. The topological polar surface area (TPSA) is 82.8 Å². The second-order valence-corrected chi connectivity index (χ2v) is 7.56. The molecule has 0 saturated carbocycles. The maximum atomic E-state index is 12.6. The van der Waals surface area contributed by atoms with Crippen molar-refractivity contribution in [3.05, 3.63) is 87.8 Å². The van der Waals surface area contributed by atoms with Crippen molar-refractivity contribution in [2.75, 3.05) is 6.61 Å². The lowest BCUT2D eigenvalue weighted by Gasteiger charge is -2.24. The molecule has 7 nitrogen and oxygen atoms in total. The van der Waals surface area contributed by atoms with Gasteiger partial charge in [0.25, 0.3) is 5.56 Å². The van der Waals surface area contributed by atoms with Crippen LogP contribution in [0, 0.1) is 0 Å². The monoisotopic (exact) mass is 406 g/mol. The van der Waals surface area contributed by atoms with Crippen LogP contribution in [-0.4, -0.2) is 33.5 Å². The van der Waals surface area contributed by atoms with Gasteiger partial charge in [0, 0.05) is 24.6 Å². The quantitative estimate of drug-likeness (QED) is 0.677. The summed E-state index contributed by atoms with van der Waals surface area (Å²) in [4.78, 5) is 16.7. The third-order valence-electron chi connectivity index (χ3n) is 5.46. The van der Waals surface area contributed by atoms with Crippen LogP contribution in [-0.2, 0) is 17.8 Å². The molecule has 7 heteroatoms. The van der Waals surface area contributed by atoms with Crippen LogP contribution < -0.4 is 15.0 Å². The third-order valence-corrected chi connectivity index (χ3v) is 5.46. The minimum atomic E-state index is -0.395. The summed E-state index contributed by atoms with van der Waals surface area (Å²) >= 11 is 0. The van der Waals surface area contributed by atoms with Crippen molar-refractivity contribution in [3.63, 3.8) is 0 Å². The lowest BCUT2D eigenvalue weighted by molar-refractivity contribution is -0.0247. The molecule has 3 heterocycles. The van der Waals surface area contributed by atoms with E-state index in [0.717, 1.165) is 16.9 Å². The largest absolute Gasteiger partial charge is 0.489 e. The van der Waals surface area contributed by atoms with Gasteiger partial charge in [0.15, 0.2) is 0 Å². The Labute approximate surface area is 173 Å². The van der Waals surface area contributed by atoms with Gasteiger partial charge < -0.3 is 19.3 Å². The van der Waals surface area contributed by atoms with Crippen LogP contribution in [0.25, 0.3) is 0 Å². The Balaban J connectivity index is 1.34. The molecule has 0 aliphatic carbocycles. The first-order valence-corrected chi connectivity index (χ1v) is 10.0. The molecule has 3 aromatic rings. The van der Waals surface area contributed by atoms with Gasteiger partial charge in [-0.15, -0.1) is 0 Å². The molecule has 1 N–H and O–H groups in total. The fourth-order valence-electron chi connectivity index (χ4n) is 3.91. The van der Waals surface area contributed by atoms with Crippen LogP contribution in [0.15, 0.2) is 65.6 Å². The highest BCUT2D eigenvalue weighted by molar-refractivity contribution is 5.32. The molecule has 0 unspecified atom stereocenters. The fourth-order valence-corrected chi connectivity index (χ4v) is 3.91. The molecule has 2 aliphatic heterocycles. The Morgan fingerprint density at radius 1 is 1.13 bits per heavy atom. The highest BCUT2D eigenvalue weighted by Crippen LogP contribution is 2.37. The van der Waals surface area contributed by atoms with Crippen LogP contribution in [0.1, 0.15) is 29.3 Å². The summed E-state index contributed by atoms with van der Waals surface area (Å²) < 4.78 is 19.2. The number of aromatic nitrogens is 2. The van der Waals surface area contributed by atoms with Crippen molar-refractivity contribution < 1.29 is 19.3 Å². The summed E-state index contributed by atoms with van der Waals surface area (Å²) in [6, 6.07) is 17.9. The Bertz CT molecular complexity index is 1100. The van der Waals surface area contributed by atoms with Gasteiger partial charge >= 0.3 is 6.01 Å². The van der Waals surface area contributed by atoms with E-state index in [1.165, 1.54) is 0 Å². The van der Waals surface area contributed by atoms with Gasteiger partial charge in [-0.05, 0) is 23.3 Å². The summed E-state index contributed by atoms with van der Waals surface area (Å²) in [5, 5.41) is 9.43. The predicted molar refractivity (Wildman–Crippen MR) is 109 cm³/mol. The average molecular weight is 406 g/mol. The van der Waals surface area contributed by atoms with E-state index in [1.807, 2.05) is 54.6 Å². The van der Waals surface area contributed by atoms with E-state index in [2.05, 4.69) is 4.98 Å². The van der Waals surface area contributed by atoms with E-state index in [0.29, 0.717) is 25.0 Å². The molecule has 1 fully saturated rings. The predicted octanol–water partition coefficient (Wildman–Crippen LogP) is 2.45. The fraction of sp³-hybridized carbons (Fsp3) is 0.304. The second-order valence-electron chi connectivity index (χ2n) is 7.56. The van der Waals surface area contributed by atoms with Crippen molar-refractivity contribution in [1.29, 1.82) is 0 Å². The van der Waals surface area contributed by atoms with Crippen molar-refractivity contribution in [1.82, 2.24) is 9.55 Å². The standard InChI is InChI=1S/C23H22N2O5/c26-13-20-19-11-21(29-20)25-12-17(22(27)24-23(25)30-19)9-16-7-4-8-18(10-16)28-14-15-5-2-1-3-6-15/h1-8,10,12,19-21,26H,9,11,13-14H2/t19-,20+,21+/m0/s1. The average Bonchev–Trinajstić information content (AvgIpc) is 3.11. The van der Waals surface area contributed by atoms with E-state index < -0.39 is 6.10 Å². The molecule has 2 aromatic carbocycles. The maximum absolute atomic E-state index is 12.6. The molecule has 154 valence electrons. The van der Waals surface area contributed by atoms with Gasteiger partial charge in [-0.25, -0.2) is 0 Å². The SMILES string of the molecule is O=c1nc2n(cc1Cc1cccc(OCc3ccccc3)c1)[C@H]1C[C@H](O2)[C@@H](CO)O1. The van der Waals surface area contributed by atoms with Gasteiger partial charge in [0.1, 0.15) is 30.8 Å². The number of nitrogens with zero attached hydrogens (tertiary/aromatic N) is 2. The zero-order chi connectivity index (χ0) is 20.5. The van der Waals surface area contributed by atoms with E-state index in [9.17, 15) is 9.90 Å². The number of ether oxygens (including phenoxy) is 3. The second kappa shape index (κ2) is 7.93. The smallest absolute Gasteiger partial charge is 0.302 e. The summed E-state index contributed by atoms with van der Waals surface area (Å²) in [5.41, 5.74) is 2.28. The Kier molecular flexibility index (Phi) is 4.98. The maximum Gasteiger partial charge on any atom is 0.302 e. The summed E-state index contributed by atoms with van der Waals surface area (Å²) in [6.07, 6.45) is 1.87. The lowest BCUT2D eigenvalue weighted by Crippen LogP contribution is -2.33. The molecule has 5 rings (SSSR count). The minimum absolute atomic E-state index is 0.122. The molecule has 0 radical (unpaired) electrons. The first kappa shape index (κ1) is 18.8. The van der Waals surface area contributed by atoms with Gasteiger partial charge in [-0.1, -0.05) is 42.5 Å². The van der Waals surface area contributed by atoms with Gasteiger partial charge in [-0.3, -0.25) is 9.36 Å². The molecular formula is C23H22N2O5. The molecule has 1 aromatic heterocycles. The first-order chi connectivity index (χ1) is 14.7. The minimum Gasteiger partial charge on any atom is -0.489 e. The van der Waals surface area contributed by atoms with Crippen LogP contribution in [0.4, 0.5) is 0 Å². The molecule has 3 atom stereocenters. The van der Waals surface area contributed by atoms with Gasteiger partial charge in [0.05, 0.1) is 6.61 Å². The van der Waals surface area contributed by atoms with E-state index >= 15 is 0 Å². The molecule has 0 spiro atoms. The zero-order valence-electron chi connectivity index (χ0n) is 16.3. The molecule has 0 amide bonds. The van der Waals surface area contributed by atoms with Crippen LogP contribution in [0.5, 0.6) is 11.8 Å². The molecule has 2 bridgehead atoms. The molecule has 2 aliphatic rings. The number of hydrogen-bond acceptors (Lipinski definition) is 6. The number of aliphatic hydroxyl groups excluding tert-OH is 1. The third kappa shape index (κ3) is 3.69. The van der Waals surface area contributed by atoms with Crippen LogP contribution in [0.3, 0.4) is 0 Å². The highest BCUT2D eigenvalue weighted by Gasteiger charge is 2.42. The van der Waals surface area contributed by atoms with Crippen LogP contribution in [0.2, 0.25) is 0 Å². The zero-order valence-corrected chi connectivity index (χ0v) is 16.3. The Hall–Kier alpha value is -3.16. The van der Waals surface area contributed by atoms with Crippen LogP contribution >= 0.6 is 0 Å². The Morgan fingerprint density at radius 2 is 1.97 bits per heavy atom. The first-order valence-electron chi connectivity index (χ1n) is 10.0. The van der Waals surface area contributed by atoms with Crippen molar-refractivity contribution in [2.24, 2.45) is 0 Å². The van der Waals surface area contributed by atoms with E-state index in [4.69, 9.17) is 14.2 Å². The number of fused-ring (bicyclic) bond motifs is 4. The van der Waals surface area contributed by atoms with Gasteiger partial charge in [0.2, 0.25) is 0 Å². The molecular weight excluding hydrogens is 384 g/mol. The van der Waals surface area contributed by atoms with E-state index in [-0.39, 0.29) is 30.5 Å².